The van der Waals surface area contributed by atoms with Gasteiger partial charge in [-0.2, -0.15) is 0 Å². The Balaban J connectivity index is 1.19. The molecular formula is C14H18O5. The van der Waals surface area contributed by atoms with Crippen LogP contribution < -0.4 is 0 Å². The maximum atomic E-state index is 12.1. The van der Waals surface area contributed by atoms with Gasteiger partial charge < -0.3 is 18.9 Å². The van der Waals surface area contributed by atoms with Crippen molar-refractivity contribution in [3.63, 3.8) is 0 Å². The molecule has 5 aliphatic rings. The minimum Gasteiger partial charge on any atom is -0.462 e. The quantitative estimate of drug-likeness (QED) is 0.566. The van der Waals surface area contributed by atoms with E-state index in [-0.39, 0.29) is 29.4 Å². The van der Waals surface area contributed by atoms with Crippen molar-refractivity contribution in [3.05, 3.63) is 0 Å². The van der Waals surface area contributed by atoms with E-state index in [1.54, 1.807) is 0 Å². The molecule has 3 heterocycles. The van der Waals surface area contributed by atoms with Gasteiger partial charge in [-0.15, -0.1) is 0 Å². The van der Waals surface area contributed by atoms with Crippen LogP contribution in [0.2, 0.25) is 0 Å². The van der Waals surface area contributed by atoms with Gasteiger partial charge in [-0.3, -0.25) is 4.79 Å². The van der Waals surface area contributed by atoms with Gasteiger partial charge in [-0.1, -0.05) is 0 Å². The summed E-state index contributed by atoms with van der Waals surface area (Å²) in [5.41, 5.74) is -0.307. The Morgan fingerprint density at radius 2 is 2.21 bits per heavy atom. The third-order valence-corrected chi connectivity index (χ3v) is 5.46. The molecule has 5 fully saturated rings. The Labute approximate surface area is 111 Å². The molecule has 1 spiro atoms. The second kappa shape index (κ2) is 3.32. The number of epoxide rings is 3. The van der Waals surface area contributed by atoms with Gasteiger partial charge in [0.25, 0.3) is 0 Å². The van der Waals surface area contributed by atoms with Crippen LogP contribution in [0.15, 0.2) is 0 Å². The third-order valence-electron chi connectivity index (χ3n) is 5.46. The summed E-state index contributed by atoms with van der Waals surface area (Å²) >= 11 is 0. The summed E-state index contributed by atoms with van der Waals surface area (Å²) in [5, 5.41) is 0. The fraction of sp³-hybridized carbons (Fsp3) is 0.929. The zero-order chi connectivity index (χ0) is 12.7. The van der Waals surface area contributed by atoms with Crippen LogP contribution >= 0.6 is 0 Å². The molecule has 19 heavy (non-hydrogen) atoms. The molecule has 5 rings (SSSR count). The van der Waals surface area contributed by atoms with Crippen LogP contribution in [-0.4, -0.2) is 42.3 Å². The Bertz CT molecular complexity index is 447. The van der Waals surface area contributed by atoms with Crippen molar-refractivity contribution < 1.29 is 23.7 Å². The highest BCUT2D eigenvalue weighted by molar-refractivity contribution is 5.73. The van der Waals surface area contributed by atoms with E-state index in [0.717, 1.165) is 38.5 Å². The fourth-order valence-electron chi connectivity index (χ4n) is 4.11. The van der Waals surface area contributed by atoms with Crippen molar-refractivity contribution in [3.8, 4) is 0 Å². The van der Waals surface area contributed by atoms with Gasteiger partial charge in [-0.05, 0) is 38.5 Å². The van der Waals surface area contributed by atoms with Gasteiger partial charge in [0.05, 0.1) is 18.1 Å². The zero-order valence-electron chi connectivity index (χ0n) is 10.8. The van der Waals surface area contributed by atoms with Gasteiger partial charge >= 0.3 is 5.97 Å². The summed E-state index contributed by atoms with van der Waals surface area (Å²) in [6, 6.07) is 0. The van der Waals surface area contributed by atoms with E-state index in [9.17, 15) is 4.79 Å². The highest BCUT2D eigenvalue weighted by Gasteiger charge is 2.87. The summed E-state index contributed by atoms with van der Waals surface area (Å²) in [4.78, 5) is 12.1. The molecule has 0 aromatic heterocycles. The summed E-state index contributed by atoms with van der Waals surface area (Å²) in [6.07, 6.45) is 6.88. The van der Waals surface area contributed by atoms with Crippen molar-refractivity contribution in [2.24, 2.45) is 5.92 Å². The largest absolute Gasteiger partial charge is 0.462 e. The monoisotopic (exact) mass is 266 g/mol. The molecule has 2 saturated carbocycles. The normalized spacial score (nSPS) is 56.4. The number of ether oxygens (including phenoxy) is 4. The van der Waals surface area contributed by atoms with E-state index in [2.05, 4.69) is 0 Å². The molecule has 0 N–H and O–H groups in total. The SMILES string of the molecule is O=C(OCC12CCCC3OC31O2)C1CCC2OC2C1. The lowest BCUT2D eigenvalue weighted by Gasteiger charge is -2.19. The predicted octanol–water partition coefficient (Wildman–Crippen LogP) is 1.15. The summed E-state index contributed by atoms with van der Waals surface area (Å²) in [5.74, 6) is -0.408. The van der Waals surface area contributed by atoms with E-state index in [4.69, 9.17) is 18.9 Å². The second-order valence-corrected chi connectivity index (χ2v) is 6.59. The highest BCUT2D eigenvalue weighted by Crippen LogP contribution is 2.69. The Kier molecular flexibility index (Phi) is 1.93. The molecule has 0 aromatic carbocycles. The maximum Gasteiger partial charge on any atom is 0.309 e. The van der Waals surface area contributed by atoms with Crippen LogP contribution in [0.4, 0.5) is 0 Å². The van der Waals surface area contributed by atoms with Gasteiger partial charge in [0, 0.05) is 0 Å². The van der Waals surface area contributed by atoms with Crippen molar-refractivity contribution in [1.29, 1.82) is 0 Å². The third kappa shape index (κ3) is 1.44. The van der Waals surface area contributed by atoms with Crippen LogP contribution in [0.1, 0.15) is 38.5 Å². The van der Waals surface area contributed by atoms with Crippen LogP contribution in [0.5, 0.6) is 0 Å². The molecule has 0 bridgehead atoms. The lowest BCUT2D eigenvalue weighted by molar-refractivity contribution is -0.151. The number of fused-ring (bicyclic) bond motifs is 1. The molecule has 0 amide bonds. The van der Waals surface area contributed by atoms with Crippen LogP contribution in [0, 0.1) is 5.92 Å². The first-order valence-electron chi connectivity index (χ1n) is 7.43. The van der Waals surface area contributed by atoms with E-state index in [1.807, 2.05) is 0 Å². The minimum absolute atomic E-state index is 0.0226. The van der Waals surface area contributed by atoms with E-state index in [1.165, 1.54) is 0 Å². The molecule has 2 aliphatic carbocycles. The highest BCUT2D eigenvalue weighted by atomic mass is 16.9. The summed E-state index contributed by atoms with van der Waals surface area (Å²) in [7, 11) is 0. The maximum absolute atomic E-state index is 12.1. The van der Waals surface area contributed by atoms with Gasteiger partial charge in [0.1, 0.15) is 12.7 Å². The number of hydrogen-bond donors (Lipinski definition) is 0. The second-order valence-electron chi connectivity index (χ2n) is 6.59. The molecule has 5 nitrogen and oxygen atoms in total. The minimum atomic E-state index is -0.358. The molecule has 6 atom stereocenters. The molecule has 104 valence electrons. The number of carbonyl (C=O) groups is 1. The number of esters is 1. The Hall–Kier alpha value is -0.650. The first kappa shape index (κ1) is 11.1. The fourth-order valence-corrected chi connectivity index (χ4v) is 4.11. The average Bonchev–Trinajstić information content (AvgIpc) is 3.28. The lowest BCUT2D eigenvalue weighted by Crippen LogP contribution is -2.32. The van der Waals surface area contributed by atoms with Crippen LogP contribution in [0.3, 0.4) is 0 Å². The molecule has 6 unspecified atom stereocenters. The number of hydrogen-bond acceptors (Lipinski definition) is 5. The van der Waals surface area contributed by atoms with E-state index in [0.29, 0.717) is 18.8 Å². The standard InChI is InChI=1S/C14H18O5/c15-12(8-3-4-9-10(6-8)17-9)16-7-13-5-1-2-11-14(13,18-11)19-13/h8-11H,1-7H2. The topological polar surface area (TPSA) is 63.9 Å². The van der Waals surface area contributed by atoms with E-state index < -0.39 is 0 Å². The predicted molar refractivity (Wildman–Crippen MR) is 62.2 cm³/mol. The molecule has 5 heteroatoms. The van der Waals surface area contributed by atoms with Crippen LogP contribution in [0.25, 0.3) is 0 Å². The van der Waals surface area contributed by atoms with E-state index >= 15 is 0 Å². The Morgan fingerprint density at radius 1 is 1.26 bits per heavy atom. The van der Waals surface area contributed by atoms with Crippen molar-refractivity contribution in [2.75, 3.05) is 6.61 Å². The average molecular weight is 266 g/mol. The number of rotatable bonds is 3. The first-order chi connectivity index (χ1) is 9.22. The van der Waals surface area contributed by atoms with Crippen molar-refractivity contribution in [1.82, 2.24) is 0 Å². The van der Waals surface area contributed by atoms with Gasteiger partial charge in [-0.25, -0.2) is 0 Å². The lowest BCUT2D eigenvalue weighted by atomic mass is 9.88. The van der Waals surface area contributed by atoms with Crippen molar-refractivity contribution >= 4 is 5.97 Å². The van der Waals surface area contributed by atoms with Crippen LogP contribution in [-0.2, 0) is 23.7 Å². The first-order valence-corrected chi connectivity index (χ1v) is 7.43. The van der Waals surface area contributed by atoms with Gasteiger partial charge in [0.15, 0.2) is 5.60 Å². The van der Waals surface area contributed by atoms with Crippen molar-refractivity contribution in [2.45, 2.75) is 68.2 Å². The molecule has 0 aromatic rings. The smallest absolute Gasteiger partial charge is 0.309 e. The number of carbonyl (C=O) groups excluding carboxylic acids is 1. The zero-order valence-corrected chi connectivity index (χ0v) is 10.8. The Morgan fingerprint density at radius 3 is 3.11 bits per heavy atom. The molecule has 0 radical (unpaired) electrons. The summed E-state index contributed by atoms with van der Waals surface area (Å²) < 4.78 is 22.4. The molecule has 3 aliphatic heterocycles. The molecule has 3 saturated heterocycles. The summed E-state index contributed by atoms with van der Waals surface area (Å²) in [6.45, 7) is 0.369. The van der Waals surface area contributed by atoms with Gasteiger partial charge in [0.2, 0.25) is 5.79 Å². The molecular weight excluding hydrogens is 248 g/mol.